The van der Waals surface area contributed by atoms with Crippen LogP contribution in [-0.2, 0) is 9.47 Å². The average molecular weight is 338 g/mol. The molecule has 2 N–H and O–H groups in total. The molecule has 0 bridgehead atoms. The van der Waals surface area contributed by atoms with Crippen LogP contribution in [-0.4, -0.2) is 33.3 Å². The first-order valence-corrected chi connectivity index (χ1v) is 5.78. The molecule has 0 radical (unpaired) electrons. The summed E-state index contributed by atoms with van der Waals surface area (Å²) in [6.45, 7) is 0. The van der Waals surface area contributed by atoms with Crippen LogP contribution in [0.1, 0.15) is 0 Å². The number of alkyl halides is 2. The van der Waals surface area contributed by atoms with Crippen molar-refractivity contribution in [2.24, 2.45) is 0 Å². The van der Waals surface area contributed by atoms with Gasteiger partial charge in [0.2, 0.25) is 0 Å². The third-order valence-corrected chi connectivity index (χ3v) is 3.83. The van der Waals surface area contributed by atoms with Gasteiger partial charge in [-0.05, 0) is 0 Å². The number of hydrogen-bond acceptors (Lipinski definition) is 4. The van der Waals surface area contributed by atoms with E-state index in [4.69, 9.17) is 56.6 Å². The minimum absolute atomic E-state index is 0.174. The lowest BCUT2D eigenvalue weighted by molar-refractivity contribution is 0.0970. The molecule has 0 fully saturated rings. The third-order valence-electron chi connectivity index (χ3n) is 1.77. The molecule has 0 aliphatic heterocycles. The fourth-order valence-corrected chi connectivity index (χ4v) is 2.18. The van der Waals surface area contributed by atoms with Gasteiger partial charge in [0.25, 0.3) is 0 Å². The number of ether oxygens (including phenoxy) is 2. The summed E-state index contributed by atoms with van der Waals surface area (Å²) in [7, 11) is 0. The van der Waals surface area contributed by atoms with E-state index >= 15 is 0 Å². The van der Waals surface area contributed by atoms with Gasteiger partial charge in [0.15, 0.2) is 11.5 Å². The summed E-state index contributed by atoms with van der Waals surface area (Å²) in [6.07, 6.45) is -3.47. The third kappa shape index (κ3) is 3.14. The van der Waals surface area contributed by atoms with E-state index in [1.165, 1.54) is 0 Å². The lowest BCUT2D eigenvalue weighted by Crippen LogP contribution is -2.28. The zero-order valence-electron chi connectivity index (χ0n) is 8.19. The second kappa shape index (κ2) is 5.88. The fourth-order valence-electron chi connectivity index (χ4n) is 1.10. The van der Waals surface area contributed by atoms with E-state index in [0.29, 0.717) is 0 Å². The fraction of sp³-hybridized carbons (Fsp3) is 0.250. The first-order chi connectivity index (χ1) is 8.25. The number of rotatable bonds is 2. The molecule has 1 rings (SSSR count). The number of hydrogen-bond donors (Lipinski definition) is 2. The van der Waals surface area contributed by atoms with E-state index in [-0.39, 0.29) is 10.1 Å². The van der Waals surface area contributed by atoms with Crippen LogP contribution < -0.4 is 0 Å². The van der Waals surface area contributed by atoms with Crippen molar-refractivity contribution in [3.05, 3.63) is 21.6 Å². The Kier molecular flexibility index (Phi) is 4.98. The molecular weight excluding hydrogens is 334 g/mol. The highest BCUT2D eigenvalue weighted by molar-refractivity contribution is 6.47. The lowest BCUT2D eigenvalue weighted by atomic mass is 10.1. The molecule has 2 unspecified atom stereocenters. The Morgan fingerprint density at radius 1 is 1.00 bits per heavy atom. The number of carbonyl (C=O) groups is 2. The van der Waals surface area contributed by atoms with Crippen molar-refractivity contribution in [1.29, 1.82) is 0 Å². The van der Waals surface area contributed by atoms with Crippen molar-refractivity contribution in [3.63, 3.8) is 0 Å². The molecule has 1 aliphatic rings. The summed E-state index contributed by atoms with van der Waals surface area (Å²) in [6, 6.07) is 0. The Bertz CT molecular complexity index is 457. The molecule has 0 aromatic rings. The highest BCUT2D eigenvalue weighted by Crippen LogP contribution is 2.41. The minimum Gasteiger partial charge on any atom is -0.449 e. The Balaban J connectivity index is 3.30. The average Bonchev–Trinajstić information content (AvgIpc) is 2.27. The SMILES string of the molecule is O=C(O)OC1=C(OC(=O)O)C(Cl)C(Cl)C(Cl)=C1Cl. The molecule has 6 nitrogen and oxygen atoms in total. The molecule has 18 heavy (non-hydrogen) atoms. The van der Waals surface area contributed by atoms with Crippen molar-refractivity contribution in [1.82, 2.24) is 0 Å². The summed E-state index contributed by atoms with van der Waals surface area (Å²) < 4.78 is 8.62. The minimum atomic E-state index is -1.74. The van der Waals surface area contributed by atoms with E-state index in [2.05, 4.69) is 9.47 Å². The maximum Gasteiger partial charge on any atom is 0.511 e. The summed E-state index contributed by atoms with van der Waals surface area (Å²) in [4.78, 5) is 21.0. The van der Waals surface area contributed by atoms with Gasteiger partial charge in [-0.2, -0.15) is 0 Å². The lowest BCUT2D eigenvalue weighted by Gasteiger charge is -2.25. The molecule has 100 valence electrons. The zero-order chi connectivity index (χ0) is 14.0. The highest BCUT2D eigenvalue weighted by Gasteiger charge is 2.39. The second-order valence-electron chi connectivity index (χ2n) is 2.89. The van der Waals surface area contributed by atoms with Crippen LogP contribution in [0.4, 0.5) is 9.59 Å². The van der Waals surface area contributed by atoms with E-state index < -0.39 is 34.6 Å². The van der Waals surface area contributed by atoms with Crippen molar-refractivity contribution >= 4 is 58.7 Å². The van der Waals surface area contributed by atoms with Gasteiger partial charge in [-0.1, -0.05) is 23.2 Å². The molecule has 0 spiro atoms. The molecule has 0 aromatic heterocycles. The van der Waals surface area contributed by atoms with Gasteiger partial charge in [0, 0.05) is 0 Å². The smallest absolute Gasteiger partial charge is 0.449 e. The van der Waals surface area contributed by atoms with Crippen LogP contribution in [0.5, 0.6) is 0 Å². The van der Waals surface area contributed by atoms with E-state index in [9.17, 15) is 9.59 Å². The van der Waals surface area contributed by atoms with Gasteiger partial charge in [-0.15, -0.1) is 23.2 Å². The quantitative estimate of drug-likeness (QED) is 0.591. The largest absolute Gasteiger partial charge is 0.511 e. The summed E-state index contributed by atoms with van der Waals surface area (Å²) in [5.41, 5.74) is 0. The van der Waals surface area contributed by atoms with E-state index in [0.717, 1.165) is 0 Å². The molecule has 0 saturated heterocycles. The Hall–Kier alpha value is -0.820. The monoisotopic (exact) mass is 336 g/mol. The van der Waals surface area contributed by atoms with E-state index in [1.807, 2.05) is 0 Å². The molecule has 2 atom stereocenters. The van der Waals surface area contributed by atoms with Crippen LogP contribution in [0.3, 0.4) is 0 Å². The highest BCUT2D eigenvalue weighted by atomic mass is 35.5. The maximum atomic E-state index is 10.5. The Morgan fingerprint density at radius 3 is 1.94 bits per heavy atom. The molecule has 0 saturated carbocycles. The van der Waals surface area contributed by atoms with Crippen molar-refractivity contribution < 1.29 is 29.3 Å². The summed E-state index contributed by atoms with van der Waals surface area (Å²) in [5, 5.41) is 14.2. The standard InChI is InChI=1S/C8H4Cl4O6/c9-1-2(10)4(12)6(18-8(15)16)5(3(1)11)17-7(13)14/h1,3H,(H,13,14)(H,15,16). The van der Waals surface area contributed by atoms with E-state index in [1.54, 1.807) is 0 Å². The first kappa shape index (κ1) is 15.2. The van der Waals surface area contributed by atoms with Gasteiger partial charge in [-0.3, -0.25) is 0 Å². The zero-order valence-corrected chi connectivity index (χ0v) is 11.2. The van der Waals surface area contributed by atoms with Gasteiger partial charge in [0.05, 0.1) is 10.4 Å². The number of carboxylic acid groups (broad SMARTS) is 2. The van der Waals surface area contributed by atoms with Crippen molar-refractivity contribution in [2.45, 2.75) is 10.8 Å². The van der Waals surface area contributed by atoms with Crippen LogP contribution >= 0.6 is 46.4 Å². The predicted octanol–water partition coefficient (Wildman–Crippen LogP) is 3.50. The first-order valence-electron chi connectivity index (χ1n) is 4.15. The van der Waals surface area contributed by atoms with Gasteiger partial charge in [0.1, 0.15) is 10.4 Å². The van der Waals surface area contributed by atoms with Crippen LogP contribution in [0, 0.1) is 0 Å². The maximum absolute atomic E-state index is 10.5. The predicted molar refractivity (Wildman–Crippen MR) is 63.3 cm³/mol. The van der Waals surface area contributed by atoms with Gasteiger partial charge >= 0.3 is 12.3 Å². The van der Waals surface area contributed by atoms with Crippen molar-refractivity contribution in [2.75, 3.05) is 0 Å². The van der Waals surface area contributed by atoms with Crippen LogP contribution in [0.15, 0.2) is 21.6 Å². The van der Waals surface area contributed by atoms with Gasteiger partial charge in [-0.25, -0.2) is 9.59 Å². The summed E-state index contributed by atoms with van der Waals surface area (Å²) >= 11 is 23.0. The van der Waals surface area contributed by atoms with Crippen molar-refractivity contribution in [3.8, 4) is 0 Å². The Labute approximate surface area is 120 Å². The van der Waals surface area contributed by atoms with Crippen LogP contribution in [0.25, 0.3) is 0 Å². The Morgan fingerprint density at radius 2 is 1.50 bits per heavy atom. The normalized spacial score (nSPS) is 24.0. The van der Waals surface area contributed by atoms with Gasteiger partial charge < -0.3 is 19.7 Å². The molecule has 0 amide bonds. The second-order valence-corrected chi connectivity index (χ2v) is 4.62. The molecule has 1 aliphatic carbocycles. The molecule has 0 heterocycles. The molecular formula is C8H4Cl4O6. The number of halogens is 4. The van der Waals surface area contributed by atoms with Crippen LogP contribution in [0.2, 0.25) is 0 Å². The molecule has 10 heteroatoms. The molecule has 0 aromatic carbocycles. The number of allylic oxidation sites excluding steroid dienone is 3. The summed E-state index contributed by atoms with van der Waals surface area (Å²) in [5.74, 6) is -1.14. The topological polar surface area (TPSA) is 93.1 Å².